The summed E-state index contributed by atoms with van der Waals surface area (Å²) in [5, 5.41) is 7.42. The van der Waals surface area contributed by atoms with Gasteiger partial charge in [-0.05, 0) is 118 Å². The first-order chi connectivity index (χ1) is 19.6. The van der Waals surface area contributed by atoms with Crippen LogP contribution in [-0.2, 0) is 9.53 Å². The van der Waals surface area contributed by atoms with E-state index in [2.05, 4.69) is 55.2 Å². The number of piperidine rings is 1. The molecule has 7 fully saturated rings. The lowest BCUT2D eigenvalue weighted by molar-refractivity contribution is -0.136. The van der Waals surface area contributed by atoms with Gasteiger partial charge in [-0.2, -0.15) is 0 Å². The third-order valence-electron chi connectivity index (χ3n) is 14.8. The zero-order chi connectivity index (χ0) is 28.6. The number of ether oxygens (including phenoxy) is 1. The summed E-state index contributed by atoms with van der Waals surface area (Å²) < 4.78 is 7.10. The number of nitrogens with one attached hydrogen (secondary N) is 2. The molecule has 0 radical (unpaired) electrons. The third-order valence-corrected chi connectivity index (χ3v) is 14.8. The fourth-order valence-corrected chi connectivity index (χ4v) is 12.2. The molecule has 6 heteroatoms. The fourth-order valence-electron chi connectivity index (χ4n) is 12.2. The maximum absolute atomic E-state index is 12.9. The van der Waals surface area contributed by atoms with Crippen molar-refractivity contribution in [1.29, 1.82) is 0 Å². The van der Waals surface area contributed by atoms with Crippen molar-refractivity contribution in [2.75, 3.05) is 46.3 Å². The summed E-state index contributed by atoms with van der Waals surface area (Å²) in [7, 11) is 2.19. The monoisotopic (exact) mass is 568 g/mol. The molecule has 12 atom stereocenters. The van der Waals surface area contributed by atoms with Gasteiger partial charge >= 0.3 is 0 Å². The van der Waals surface area contributed by atoms with Crippen LogP contribution in [0.1, 0.15) is 98.3 Å². The zero-order valence-corrected chi connectivity index (χ0v) is 26.9. The number of nitrogens with zero attached hydrogens (tertiary/aromatic N) is 2. The number of amides is 1. The van der Waals surface area contributed by atoms with Crippen molar-refractivity contribution < 1.29 is 9.53 Å². The summed E-state index contributed by atoms with van der Waals surface area (Å²) in [6.07, 6.45) is 14.2. The quantitative estimate of drug-likeness (QED) is 0.493. The maximum atomic E-state index is 12.9. The normalized spacial score (nSPS) is 52.0. The summed E-state index contributed by atoms with van der Waals surface area (Å²) in [6.45, 7) is 16.7. The van der Waals surface area contributed by atoms with Gasteiger partial charge in [0.15, 0.2) is 0 Å². The van der Waals surface area contributed by atoms with E-state index in [1.54, 1.807) is 0 Å². The SMILES string of the molecule is C[C@@H]1CC[C@@]2(NC1)O[C@H]1C[C@H]3[C@@H]4CC[C@H]5C[C@@H](NC(=O)CCN6CCN(C)CC6)CC[C@]5(C)[C@H]4CC[C@]3(C)[C@H]1[C@@H]2C. The Balaban J connectivity index is 0.964. The Morgan fingerprint density at radius 3 is 2.46 bits per heavy atom. The third kappa shape index (κ3) is 4.84. The molecule has 4 saturated carbocycles. The molecule has 1 spiro atoms. The highest BCUT2D eigenvalue weighted by Crippen LogP contribution is 2.71. The molecule has 0 aromatic heterocycles. The first-order valence-corrected chi connectivity index (χ1v) is 17.7. The van der Waals surface area contributed by atoms with Crippen molar-refractivity contribution in [2.24, 2.45) is 52.3 Å². The van der Waals surface area contributed by atoms with E-state index >= 15 is 0 Å². The Morgan fingerprint density at radius 1 is 0.927 bits per heavy atom. The summed E-state index contributed by atoms with van der Waals surface area (Å²) >= 11 is 0. The number of carbonyl (C=O) groups excluding carboxylic acids is 1. The molecule has 3 saturated heterocycles. The topological polar surface area (TPSA) is 56.8 Å². The first kappa shape index (κ1) is 29.0. The smallest absolute Gasteiger partial charge is 0.221 e. The average molecular weight is 569 g/mol. The van der Waals surface area contributed by atoms with E-state index in [-0.39, 0.29) is 11.6 Å². The van der Waals surface area contributed by atoms with Crippen LogP contribution < -0.4 is 10.6 Å². The largest absolute Gasteiger partial charge is 0.357 e. The molecule has 0 bridgehead atoms. The Hall–Kier alpha value is -0.690. The van der Waals surface area contributed by atoms with Crippen molar-refractivity contribution >= 4 is 5.91 Å². The van der Waals surface area contributed by atoms with E-state index in [1.165, 1.54) is 64.2 Å². The van der Waals surface area contributed by atoms with Crippen LogP contribution in [0, 0.1) is 52.3 Å². The second kappa shape index (κ2) is 10.7. The minimum absolute atomic E-state index is 0.0520. The van der Waals surface area contributed by atoms with Gasteiger partial charge in [0, 0.05) is 57.6 Å². The maximum Gasteiger partial charge on any atom is 0.221 e. The van der Waals surface area contributed by atoms with Crippen molar-refractivity contribution in [3.05, 3.63) is 0 Å². The van der Waals surface area contributed by atoms with Gasteiger partial charge in [0.1, 0.15) is 5.72 Å². The standard InChI is InChI=1S/C35H60N4O2/c1-23-8-14-35(36-22-23)24(2)32-30(41-35)21-29-27-7-6-25-20-26(9-12-33(25,3)28(27)10-13-34(29,32)4)37-31(40)11-15-39-18-16-38(5)17-19-39/h23-30,32,36H,6-22H2,1-5H3,(H,37,40)/t23-,24+,25+,26+,27-,28+,29+,30+,32+,33+,34+,35-/m1/s1. The lowest BCUT2D eigenvalue weighted by atomic mass is 9.44. The Kier molecular flexibility index (Phi) is 7.60. The van der Waals surface area contributed by atoms with E-state index < -0.39 is 0 Å². The predicted molar refractivity (Wildman–Crippen MR) is 164 cm³/mol. The molecule has 6 nitrogen and oxygen atoms in total. The van der Waals surface area contributed by atoms with Gasteiger partial charge in [0.25, 0.3) is 0 Å². The zero-order valence-electron chi connectivity index (χ0n) is 26.9. The minimum Gasteiger partial charge on any atom is -0.357 e. The molecule has 0 unspecified atom stereocenters. The van der Waals surface area contributed by atoms with Gasteiger partial charge in [0.2, 0.25) is 5.91 Å². The lowest BCUT2D eigenvalue weighted by Gasteiger charge is -2.61. The first-order valence-electron chi connectivity index (χ1n) is 17.7. The van der Waals surface area contributed by atoms with E-state index in [1.807, 2.05) is 0 Å². The summed E-state index contributed by atoms with van der Waals surface area (Å²) in [5.74, 6) is 5.75. The number of fused-ring (bicyclic) bond motifs is 7. The molecule has 1 amide bonds. The number of hydrogen-bond donors (Lipinski definition) is 2. The van der Waals surface area contributed by atoms with Gasteiger partial charge in [0.05, 0.1) is 6.10 Å². The van der Waals surface area contributed by atoms with Crippen LogP contribution in [0.25, 0.3) is 0 Å². The molecule has 0 aromatic carbocycles. The Bertz CT molecular complexity index is 973. The van der Waals surface area contributed by atoms with E-state index in [4.69, 9.17) is 4.74 Å². The van der Waals surface area contributed by atoms with Crippen LogP contribution in [0.5, 0.6) is 0 Å². The Labute approximate surface area is 250 Å². The van der Waals surface area contributed by atoms with Gasteiger partial charge < -0.3 is 19.9 Å². The second-order valence-electron chi connectivity index (χ2n) is 16.8. The van der Waals surface area contributed by atoms with Gasteiger partial charge in [-0.1, -0.05) is 27.7 Å². The van der Waals surface area contributed by atoms with Gasteiger partial charge in [-0.3, -0.25) is 10.1 Å². The van der Waals surface area contributed by atoms with Crippen LogP contribution in [0.3, 0.4) is 0 Å². The predicted octanol–water partition coefficient (Wildman–Crippen LogP) is 5.13. The van der Waals surface area contributed by atoms with E-state index in [9.17, 15) is 4.79 Å². The lowest BCUT2D eigenvalue weighted by Crippen LogP contribution is -2.58. The molecule has 41 heavy (non-hydrogen) atoms. The highest BCUT2D eigenvalue weighted by atomic mass is 16.5. The summed E-state index contributed by atoms with van der Waals surface area (Å²) in [5.41, 5.74) is 0.846. The van der Waals surface area contributed by atoms with Crippen molar-refractivity contribution in [3.8, 4) is 0 Å². The number of hydrogen-bond acceptors (Lipinski definition) is 5. The second-order valence-corrected chi connectivity index (χ2v) is 16.8. The van der Waals surface area contributed by atoms with Crippen LogP contribution in [-0.4, -0.2) is 79.9 Å². The highest BCUT2D eigenvalue weighted by molar-refractivity contribution is 5.76. The summed E-state index contributed by atoms with van der Waals surface area (Å²) in [4.78, 5) is 17.8. The summed E-state index contributed by atoms with van der Waals surface area (Å²) in [6, 6.07) is 0.389. The van der Waals surface area contributed by atoms with Crippen molar-refractivity contribution in [2.45, 2.75) is 116 Å². The molecular formula is C35H60N4O2. The molecule has 3 heterocycles. The van der Waals surface area contributed by atoms with Crippen LogP contribution in [0.4, 0.5) is 0 Å². The molecular weight excluding hydrogens is 508 g/mol. The molecule has 7 aliphatic rings. The number of rotatable bonds is 4. The Morgan fingerprint density at radius 2 is 1.71 bits per heavy atom. The fraction of sp³-hybridized carbons (Fsp3) is 0.971. The van der Waals surface area contributed by atoms with Crippen LogP contribution >= 0.6 is 0 Å². The van der Waals surface area contributed by atoms with Gasteiger partial charge in [-0.25, -0.2) is 0 Å². The molecule has 232 valence electrons. The van der Waals surface area contributed by atoms with Crippen molar-refractivity contribution in [1.82, 2.24) is 20.4 Å². The van der Waals surface area contributed by atoms with E-state index in [0.29, 0.717) is 35.3 Å². The number of likely N-dealkylation sites (N-methyl/N-ethyl adjacent to an activating group) is 1. The van der Waals surface area contributed by atoms with Gasteiger partial charge in [-0.15, -0.1) is 0 Å². The average Bonchev–Trinajstić information content (AvgIpc) is 3.40. The molecule has 4 aliphatic carbocycles. The van der Waals surface area contributed by atoms with Crippen LogP contribution in [0.2, 0.25) is 0 Å². The molecule has 3 aliphatic heterocycles. The molecule has 0 aromatic rings. The van der Waals surface area contributed by atoms with Crippen molar-refractivity contribution in [3.63, 3.8) is 0 Å². The van der Waals surface area contributed by atoms with E-state index in [0.717, 1.165) is 74.8 Å². The number of piperazine rings is 1. The van der Waals surface area contributed by atoms with Crippen LogP contribution in [0.15, 0.2) is 0 Å². The number of carbonyl (C=O) groups is 1. The highest BCUT2D eigenvalue weighted by Gasteiger charge is 2.68. The minimum atomic E-state index is -0.0520. The molecule has 7 rings (SSSR count). The molecule has 2 N–H and O–H groups in total.